The van der Waals surface area contributed by atoms with E-state index in [2.05, 4.69) is 52.9 Å². The minimum atomic E-state index is 0.511. The molecule has 1 atom stereocenters. The zero-order chi connectivity index (χ0) is 13.9. The second-order valence-corrected chi connectivity index (χ2v) is 5.21. The fraction of sp³-hybridized carbons (Fsp3) is 0.235. The van der Waals surface area contributed by atoms with E-state index in [1.807, 2.05) is 18.2 Å². The number of aromatic nitrogens is 2. The van der Waals surface area contributed by atoms with Crippen LogP contribution in [0.3, 0.4) is 0 Å². The lowest BCUT2D eigenvalue weighted by atomic mass is 9.98. The first-order valence-corrected chi connectivity index (χ1v) is 7.01. The standard InChI is InChI=1S/C17H19N3/c1-13(14-7-3-2-4-8-14)11-12-20-16-10-6-5-9-15(16)19-17(20)18/h2-10,13H,11-12H2,1H3,(H2,18,19). The van der Waals surface area contributed by atoms with Crippen LogP contribution in [0.4, 0.5) is 5.95 Å². The Hall–Kier alpha value is -2.29. The number of hydrogen-bond acceptors (Lipinski definition) is 2. The molecule has 1 aromatic heterocycles. The van der Waals surface area contributed by atoms with Crippen LogP contribution in [0.1, 0.15) is 24.8 Å². The molecule has 0 radical (unpaired) electrons. The molecule has 0 saturated carbocycles. The number of nitrogens with two attached hydrogens (primary N) is 1. The van der Waals surface area contributed by atoms with Crippen LogP contribution >= 0.6 is 0 Å². The number of aryl methyl sites for hydroxylation is 1. The van der Waals surface area contributed by atoms with Crippen LogP contribution in [-0.2, 0) is 6.54 Å². The molecular weight excluding hydrogens is 246 g/mol. The van der Waals surface area contributed by atoms with Crippen molar-refractivity contribution in [3.05, 3.63) is 60.2 Å². The third kappa shape index (κ3) is 2.39. The highest BCUT2D eigenvalue weighted by molar-refractivity contribution is 5.78. The van der Waals surface area contributed by atoms with Crippen molar-refractivity contribution < 1.29 is 0 Å². The van der Waals surface area contributed by atoms with Gasteiger partial charge in [-0.3, -0.25) is 0 Å². The summed E-state index contributed by atoms with van der Waals surface area (Å²) in [5.74, 6) is 1.11. The fourth-order valence-corrected chi connectivity index (χ4v) is 2.60. The normalized spacial score (nSPS) is 12.7. The number of nitrogens with zero attached hydrogens (tertiary/aromatic N) is 2. The van der Waals surface area contributed by atoms with Crippen LogP contribution in [0.5, 0.6) is 0 Å². The van der Waals surface area contributed by atoms with Gasteiger partial charge in [0, 0.05) is 6.54 Å². The van der Waals surface area contributed by atoms with Crippen LogP contribution in [0.2, 0.25) is 0 Å². The smallest absolute Gasteiger partial charge is 0.201 e. The lowest BCUT2D eigenvalue weighted by molar-refractivity contribution is 0.590. The van der Waals surface area contributed by atoms with E-state index in [9.17, 15) is 0 Å². The number of fused-ring (bicyclic) bond motifs is 1. The lowest BCUT2D eigenvalue weighted by Crippen LogP contribution is -2.06. The lowest BCUT2D eigenvalue weighted by Gasteiger charge is -2.13. The van der Waals surface area contributed by atoms with E-state index in [0.29, 0.717) is 11.9 Å². The molecule has 3 nitrogen and oxygen atoms in total. The highest BCUT2D eigenvalue weighted by atomic mass is 15.1. The molecule has 0 bridgehead atoms. The van der Waals surface area contributed by atoms with E-state index in [1.165, 1.54) is 5.56 Å². The highest BCUT2D eigenvalue weighted by Crippen LogP contribution is 2.23. The first-order valence-electron chi connectivity index (χ1n) is 7.01. The molecule has 1 unspecified atom stereocenters. The molecule has 0 aliphatic rings. The van der Waals surface area contributed by atoms with E-state index >= 15 is 0 Å². The van der Waals surface area contributed by atoms with Crippen molar-refractivity contribution >= 4 is 17.0 Å². The number of imidazole rings is 1. The minimum absolute atomic E-state index is 0.511. The van der Waals surface area contributed by atoms with Crippen molar-refractivity contribution in [2.75, 3.05) is 5.73 Å². The minimum Gasteiger partial charge on any atom is -0.369 e. The molecule has 0 amide bonds. The van der Waals surface area contributed by atoms with E-state index in [1.54, 1.807) is 0 Å². The van der Waals surface area contributed by atoms with E-state index in [0.717, 1.165) is 24.0 Å². The maximum atomic E-state index is 6.03. The van der Waals surface area contributed by atoms with E-state index < -0.39 is 0 Å². The summed E-state index contributed by atoms with van der Waals surface area (Å²) in [5.41, 5.74) is 9.49. The van der Waals surface area contributed by atoms with Gasteiger partial charge in [0.05, 0.1) is 11.0 Å². The summed E-state index contributed by atoms with van der Waals surface area (Å²) in [6.45, 7) is 3.15. The number of nitrogen functional groups attached to an aromatic ring is 1. The second kappa shape index (κ2) is 5.37. The summed E-state index contributed by atoms with van der Waals surface area (Å²) in [5, 5.41) is 0. The average Bonchev–Trinajstić information content (AvgIpc) is 2.81. The molecule has 0 spiro atoms. The van der Waals surface area contributed by atoms with Crippen molar-refractivity contribution in [2.45, 2.75) is 25.8 Å². The zero-order valence-corrected chi connectivity index (χ0v) is 11.7. The molecule has 0 saturated heterocycles. The van der Waals surface area contributed by atoms with Gasteiger partial charge >= 0.3 is 0 Å². The Morgan fingerprint density at radius 2 is 1.75 bits per heavy atom. The van der Waals surface area contributed by atoms with Crippen molar-refractivity contribution in [1.82, 2.24) is 9.55 Å². The number of benzene rings is 2. The van der Waals surface area contributed by atoms with Crippen LogP contribution in [-0.4, -0.2) is 9.55 Å². The van der Waals surface area contributed by atoms with E-state index in [4.69, 9.17) is 5.73 Å². The van der Waals surface area contributed by atoms with Crippen LogP contribution in [0, 0.1) is 0 Å². The molecule has 3 aromatic rings. The van der Waals surface area contributed by atoms with Gasteiger partial charge in [-0.1, -0.05) is 49.4 Å². The number of rotatable bonds is 4. The molecule has 0 aliphatic heterocycles. The fourth-order valence-electron chi connectivity index (χ4n) is 2.60. The van der Waals surface area contributed by atoms with Gasteiger partial charge in [0.1, 0.15) is 0 Å². The maximum absolute atomic E-state index is 6.03. The van der Waals surface area contributed by atoms with Gasteiger partial charge in [-0.05, 0) is 30.0 Å². The summed E-state index contributed by atoms with van der Waals surface area (Å²) in [6, 6.07) is 18.7. The van der Waals surface area contributed by atoms with Crippen LogP contribution in [0.15, 0.2) is 54.6 Å². The van der Waals surface area contributed by atoms with Gasteiger partial charge < -0.3 is 10.3 Å². The van der Waals surface area contributed by atoms with Gasteiger partial charge in [0.15, 0.2) is 0 Å². The van der Waals surface area contributed by atoms with Crippen molar-refractivity contribution in [3.63, 3.8) is 0 Å². The quantitative estimate of drug-likeness (QED) is 0.779. The van der Waals surface area contributed by atoms with Gasteiger partial charge in [0.2, 0.25) is 5.95 Å². The number of para-hydroxylation sites is 2. The Morgan fingerprint density at radius 3 is 2.55 bits per heavy atom. The summed E-state index contributed by atoms with van der Waals surface area (Å²) in [6.07, 6.45) is 1.05. The number of hydrogen-bond donors (Lipinski definition) is 1. The second-order valence-electron chi connectivity index (χ2n) is 5.21. The first-order chi connectivity index (χ1) is 9.75. The highest BCUT2D eigenvalue weighted by Gasteiger charge is 2.10. The molecule has 2 N–H and O–H groups in total. The van der Waals surface area contributed by atoms with Crippen molar-refractivity contribution in [2.24, 2.45) is 0 Å². The topological polar surface area (TPSA) is 43.8 Å². The average molecular weight is 265 g/mol. The molecule has 1 heterocycles. The van der Waals surface area contributed by atoms with Crippen LogP contribution < -0.4 is 5.73 Å². The predicted octanol–water partition coefficient (Wildman–Crippen LogP) is 3.81. The Balaban J connectivity index is 1.79. The summed E-state index contributed by atoms with van der Waals surface area (Å²) in [4.78, 5) is 4.40. The maximum Gasteiger partial charge on any atom is 0.201 e. The van der Waals surface area contributed by atoms with E-state index in [-0.39, 0.29) is 0 Å². The predicted molar refractivity (Wildman–Crippen MR) is 83.6 cm³/mol. The van der Waals surface area contributed by atoms with Gasteiger partial charge in [-0.15, -0.1) is 0 Å². The molecule has 20 heavy (non-hydrogen) atoms. The SMILES string of the molecule is CC(CCn1c(N)nc2ccccc21)c1ccccc1. The molecule has 3 heteroatoms. The molecule has 102 valence electrons. The Kier molecular flexibility index (Phi) is 3.42. The molecular formula is C17H19N3. The third-order valence-corrected chi connectivity index (χ3v) is 3.84. The zero-order valence-electron chi connectivity index (χ0n) is 11.7. The molecule has 3 rings (SSSR count). The summed E-state index contributed by atoms with van der Waals surface area (Å²) >= 11 is 0. The molecule has 0 aliphatic carbocycles. The largest absolute Gasteiger partial charge is 0.369 e. The summed E-state index contributed by atoms with van der Waals surface area (Å²) in [7, 11) is 0. The Morgan fingerprint density at radius 1 is 1.05 bits per heavy atom. The van der Waals surface area contributed by atoms with Gasteiger partial charge in [-0.2, -0.15) is 0 Å². The molecule has 2 aromatic carbocycles. The van der Waals surface area contributed by atoms with Crippen molar-refractivity contribution in [1.29, 1.82) is 0 Å². The van der Waals surface area contributed by atoms with Gasteiger partial charge in [0.25, 0.3) is 0 Å². The van der Waals surface area contributed by atoms with Crippen molar-refractivity contribution in [3.8, 4) is 0 Å². The van der Waals surface area contributed by atoms with Crippen LogP contribution in [0.25, 0.3) is 11.0 Å². The monoisotopic (exact) mass is 265 g/mol. The first kappa shape index (κ1) is 12.7. The summed E-state index contributed by atoms with van der Waals surface area (Å²) < 4.78 is 2.11. The van der Waals surface area contributed by atoms with Gasteiger partial charge in [-0.25, -0.2) is 4.98 Å². The Bertz CT molecular complexity index is 701. The third-order valence-electron chi connectivity index (χ3n) is 3.84. The molecule has 0 fully saturated rings. The number of anilines is 1. The Labute approximate surface area is 119 Å².